The molecule has 2 amide bonds. The number of halogens is 1. The van der Waals surface area contributed by atoms with E-state index in [4.69, 9.17) is 4.74 Å². The van der Waals surface area contributed by atoms with Crippen LogP contribution in [-0.2, 0) is 0 Å². The van der Waals surface area contributed by atoms with E-state index in [0.29, 0.717) is 33.3 Å². The van der Waals surface area contributed by atoms with Gasteiger partial charge in [0.25, 0.3) is 11.8 Å². The van der Waals surface area contributed by atoms with Gasteiger partial charge in [-0.25, -0.2) is 0 Å². The van der Waals surface area contributed by atoms with Crippen LogP contribution in [0, 0.1) is 0 Å². The molecule has 3 heterocycles. The third-order valence-corrected chi connectivity index (χ3v) is 6.71. The molecule has 2 N–H and O–H groups in total. The molecule has 2 bridgehead atoms. The molecule has 2 aliphatic heterocycles. The lowest BCUT2D eigenvalue weighted by atomic mass is 9.98. The third kappa shape index (κ3) is 4.74. The zero-order chi connectivity index (χ0) is 19.7. The normalized spacial score (nSPS) is 22.5. The minimum atomic E-state index is -0.202. The molecular formula is C21H26ClN3O3S. The van der Waals surface area contributed by atoms with Crippen LogP contribution < -0.4 is 15.4 Å². The number of fused-ring (bicyclic) bond motifs is 2. The molecule has 2 aliphatic rings. The number of anilines is 1. The standard InChI is InChI=1S/C21H25N3O3S.ClH/c1-24(16-11-14-5-6-15(12-16)22-14)21(26)18-9-10-19(28-18)23-20(25)13-3-7-17(27-2)8-4-13;/h3-4,7-10,14-16,22H,5-6,11-12H2,1-2H3,(H,23,25);1H. The van der Waals surface area contributed by atoms with Crippen molar-refractivity contribution in [2.45, 2.75) is 43.8 Å². The highest BCUT2D eigenvalue weighted by molar-refractivity contribution is 7.18. The van der Waals surface area contributed by atoms with Gasteiger partial charge in [0.1, 0.15) is 5.75 Å². The Labute approximate surface area is 181 Å². The van der Waals surface area contributed by atoms with Crippen molar-refractivity contribution < 1.29 is 14.3 Å². The number of methoxy groups -OCH3 is 1. The van der Waals surface area contributed by atoms with Crippen LogP contribution in [0.5, 0.6) is 5.75 Å². The minimum absolute atomic E-state index is 0. The summed E-state index contributed by atoms with van der Waals surface area (Å²) in [5, 5.41) is 7.15. The monoisotopic (exact) mass is 435 g/mol. The fourth-order valence-electron chi connectivity index (χ4n) is 4.13. The van der Waals surface area contributed by atoms with Crippen molar-refractivity contribution in [3.8, 4) is 5.75 Å². The predicted octanol–water partition coefficient (Wildman–Crippen LogP) is 3.79. The van der Waals surface area contributed by atoms with E-state index in [1.165, 1.54) is 24.2 Å². The number of carbonyl (C=O) groups is 2. The minimum Gasteiger partial charge on any atom is -0.497 e. The molecule has 2 fully saturated rings. The molecule has 2 unspecified atom stereocenters. The zero-order valence-corrected chi connectivity index (χ0v) is 18.1. The number of rotatable bonds is 5. The van der Waals surface area contributed by atoms with Gasteiger partial charge in [0.15, 0.2) is 0 Å². The second kappa shape index (κ2) is 9.15. The third-order valence-electron chi connectivity index (χ3n) is 5.72. The van der Waals surface area contributed by atoms with Gasteiger partial charge >= 0.3 is 0 Å². The van der Waals surface area contributed by atoms with Crippen molar-refractivity contribution in [3.63, 3.8) is 0 Å². The van der Waals surface area contributed by atoms with E-state index in [0.717, 1.165) is 12.8 Å². The second-order valence-corrected chi connectivity index (χ2v) is 8.61. The molecular weight excluding hydrogens is 410 g/mol. The Kier molecular flexibility index (Phi) is 6.82. The molecule has 6 nitrogen and oxygen atoms in total. The number of hydrogen-bond acceptors (Lipinski definition) is 5. The molecule has 156 valence electrons. The summed E-state index contributed by atoms with van der Waals surface area (Å²) >= 11 is 1.32. The Balaban J connectivity index is 0.00000240. The van der Waals surface area contributed by atoms with Gasteiger partial charge in [-0.05, 0) is 62.1 Å². The van der Waals surface area contributed by atoms with Gasteiger partial charge in [0.05, 0.1) is 17.0 Å². The maximum Gasteiger partial charge on any atom is 0.263 e. The number of benzene rings is 1. The molecule has 2 aromatic rings. The van der Waals surface area contributed by atoms with Crippen LogP contribution in [0.15, 0.2) is 36.4 Å². The number of ether oxygens (including phenoxy) is 1. The van der Waals surface area contributed by atoms with E-state index < -0.39 is 0 Å². The van der Waals surface area contributed by atoms with E-state index in [1.54, 1.807) is 43.5 Å². The number of amides is 2. The number of piperidine rings is 1. The van der Waals surface area contributed by atoms with Crippen LogP contribution >= 0.6 is 23.7 Å². The number of thiophene rings is 1. The lowest BCUT2D eigenvalue weighted by Gasteiger charge is -2.35. The average molecular weight is 436 g/mol. The highest BCUT2D eigenvalue weighted by atomic mass is 35.5. The maximum atomic E-state index is 12.9. The Morgan fingerprint density at radius 3 is 2.38 bits per heavy atom. The van der Waals surface area contributed by atoms with E-state index in [9.17, 15) is 9.59 Å². The van der Waals surface area contributed by atoms with E-state index in [2.05, 4.69) is 10.6 Å². The lowest BCUT2D eigenvalue weighted by Crippen LogP contribution is -2.48. The lowest BCUT2D eigenvalue weighted by molar-refractivity contribution is 0.0686. The molecule has 2 saturated heterocycles. The molecule has 8 heteroatoms. The predicted molar refractivity (Wildman–Crippen MR) is 118 cm³/mol. The summed E-state index contributed by atoms with van der Waals surface area (Å²) in [6, 6.07) is 11.9. The van der Waals surface area contributed by atoms with Crippen LogP contribution in [0.2, 0.25) is 0 Å². The Morgan fingerprint density at radius 1 is 1.10 bits per heavy atom. The highest BCUT2D eigenvalue weighted by Crippen LogP contribution is 2.31. The summed E-state index contributed by atoms with van der Waals surface area (Å²) in [4.78, 5) is 27.8. The molecule has 1 aromatic heterocycles. The molecule has 29 heavy (non-hydrogen) atoms. The van der Waals surface area contributed by atoms with Crippen LogP contribution in [-0.4, -0.2) is 49.0 Å². The van der Waals surface area contributed by atoms with Gasteiger partial charge in [-0.15, -0.1) is 23.7 Å². The second-order valence-electron chi connectivity index (χ2n) is 7.53. The molecule has 2 atom stereocenters. The summed E-state index contributed by atoms with van der Waals surface area (Å²) in [5.41, 5.74) is 0.546. The average Bonchev–Trinajstić information content (AvgIpc) is 3.32. The van der Waals surface area contributed by atoms with E-state index >= 15 is 0 Å². The van der Waals surface area contributed by atoms with Crippen LogP contribution in [0.3, 0.4) is 0 Å². The number of nitrogens with zero attached hydrogens (tertiary/aromatic N) is 1. The first-order valence-corrected chi connectivity index (χ1v) is 10.4. The van der Waals surface area contributed by atoms with Crippen molar-refractivity contribution in [3.05, 3.63) is 46.8 Å². The number of carbonyl (C=O) groups excluding carboxylic acids is 2. The molecule has 0 aliphatic carbocycles. The van der Waals surface area contributed by atoms with Crippen molar-refractivity contribution in [2.24, 2.45) is 0 Å². The molecule has 0 spiro atoms. The Bertz CT molecular complexity index is 858. The quantitative estimate of drug-likeness (QED) is 0.749. The van der Waals surface area contributed by atoms with Gasteiger partial charge in [-0.1, -0.05) is 0 Å². The first-order chi connectivity index (χ1) is 13.5. The van der Waals surface area contributed by atoms with Gasteiger partial charge in [0, 0.05) is 30.7 Å². The zero-order valence-electron chi connectivity index (χ0n) is 16.5. The first kappa shape index (κ1) is 21.6. The summed E-state index contributed by atoms with van der Waals surface area (Å²) < 4.78 is 5.11. The van der Waals surface area contributed by atoms with Crippen molar-refractivity contribution >= 4 is 40.6 Å². The Hall–Kier alpha value is -2.09. The Morgan fingerprint density at radius 2 is 1.76 bits per heavy atom. The topological polar surface area (TPSA) is 70.7 Å². The van der Waals surface area contributed by atoms with Crippen molar-refractivity contribution in [1.29, 1.82) is 0 Å². The van der Waals surface area contributed by atoms with Gasteiger partial charge < -0.3 is 20.3 Å². The summed E-state index contributed by atoms with van der Waals surface area (Å²) in [5.74, 6) is 0.531. The number of hydrogen-bond donors (Lipinski definition) is 2. The molecule has 4 rings (SSSR count). The van der Waals surface area contributed by atoms with Gasteiger partial charge in [-0.3, -0.25) is 9.59 Å². The van der Waals surface area contributed by atoms with E-state index in [1.807, 2.05) is 11.9 Å². The fourth-order valence-corrected chi connectivity index (χ4v) is 5.01. The van der Waals surface area contributed by atoms with Gasteiger partial charge in [-0.2, -0.15) is 0 Å². The van der Waals surface area contributed by atoms with Gasteiger partial charge in [0.2, 0.25) is 0 Å². The fraction of sp³-hybridized carbons (Fsp3) is 0.429. The highest BCUT2D eigenvalue weighted by Gasteiger charge is 2.36. The van der Waals surface area contributed by atoms with E-state index in [-0.39, 0.29) is 30.3 Å². The molecule has 1 aromatic carbocycles. The first-order valence-electron chi connectivity index (χ1n) is 9.62. The maximum absolute atomic E-state index is 12.9. The van der Waals surface area contributed by atoms with Crippen molar-refractivity contribution in [2.75, 3.05) is 19.5 Å². The molecule has 0 radical (unpaired) electrons. The summed E-state index contributed by atoms with van der Waals surface area (Å²) in [6.45, 7) is 0. The molecule has 0 saturated carbocycles. The summed E-state index contributed by atoms with van der Waals surface area (Å²) in [6.07, 6.45) is 4.46. The van der Waals surface area contributed by atoms with Crippen LogP contribution in [0.1, 0.15) is 45.7 Å². The van der Waals surface area contributed by atoms with Crippen molar-refractivity contribution in [1.82, 2.24) is 10.2 Å². The summed E-state index contributed by atoms with van der Waals surface area (Å²) in [7, 11) is 3.48. The smallest absolute Gasteiger partial charge is 0.263 e. The largest absolute Gasteiger partial charge is 0.497 e. The van der Waals surface area contributed by atoms with Crippen LogP contribution in [0.4, 0.5) is 5.00 Å². The van der Waals surface area contributed by atoms with Crippen LogP contribution in [0.25, 0.3) is 0 Å². The SMILES string of the molecule is COc1ccc(C(=O)Nc2ccc(C(=O)N(C)C3CC4CCC(C3)N4)s2)cc1.Cl. The number of nitrogens with one attached hydrogen (secondary N) is 2.